The number of likely N-dealkylation sites (tertiary alicyclic amines) is 2. The number of hydrogen-bond donors (Lipinski definition) is 4. The molecule has 6 heterocycles. The van der Waals surface area contributed by atoms with Crippen LogP contribution in [0.4, 0.5) is 9.59 Å². The molecule has 4 N–H and O–H groups in total. The molecule has 5 atom stereocenters. The van der Waals surface area contributed by atoms with Gasteiger partial charge >= 0.3 is 12.1 Å². The highest BCUT2D eigenvalue weighted by Gasteiger charge is 2.36. The van der Waals surface area contributed by atoms with Crippen LogP contribution in [0.3, 0.4) is 0 Å². The molecule has 4 aromatic heterocycles. The van der Waals surface area contributed by atoms with Crippen LogP contribution >= 0.6 is 0 Å². The molecule has 0 unspecified atom stereocenters. The quantitative estimate of drug-likeness (QED) is 0.0391. The van der Waals surface area contributed by atoms with Gasteiger partial charge in [0.2, 0.25) is 49.3 Å². The van der Waals surface area contributed by atoms with E-state index < -0.39 is 55.3 Å². The van der Waals surface area contributed by atoms with Crippen molar-refractivity contribution >= 4 is 43.8 Å². The van der Waals surface area contributed by atoms with E-state index >= 15 is 0 Å². The van der Waals surface area contributed by atoms with Crippen molar-refractivity contribution in [3.05, 3.63) is 212 Å². The van der Waals surface area contributed by atoms with Gasteiger partial charge in [0.05, 0.1) is 58.8 Å². The summed E-state index contributed by atoms with van der Waals surface area (Å²) in [6.07, 6.45) is 12.8. The molecule has 4 aliphatic carbocycles. The Morgan fingerprint density at radius 2 is 0.699 bits per heavy atom. The van der Waals surface area contributed by atoms with Crippen molar-refractivity contribution in [3.63, 3.8) is 0 Å². The van der Waals surface area contributed by atoms with E-state index in [1.807, 2.05) is 138 Å². The van der Waals surface area contributed by atoms with E-state index in [0.29, 0.717) is 121 Å². The maximum atomic E-state index is 12.9. The lowest BCUT2D eigenvalue weighted by molar-refractivity contribution is -0.126. The maximum Gasteiger partial charge on any atom is 0.317 e. The summed E-state index contributed by atoms with van der Waals surface area (Å²) in [5.74, 6) is 3.52. The highest BCUT2D eigenvalue weighted by Crippen LogP contribution is 2.44. The number of carbonyl (C=O) groups excluding carboxylic acids is 4. The minimum Gasteiger partial charge on any atom is -0.490 e. The molecule has 2 aliphatic heterocycles. The fraction of sp³-hybridized carbons (Fsp3) is 0.396. The van der Waals surface area contributed by atoms with Crippen molar-refractivity contribution in [2.75, 3.05) is 51.8 Å². The number of nitrogens with zero attached hydrogens (tertiary/aromatic N) is 15. The molecule has 18 rings (SSSR count). The molecular formula is C106H115N19O16S2. The number of ketones is 1. The van der Waals surface area contributed by atoms with Crippen molar-refractivity contribution in [3.8, 4) is 139 Å². The lowest BCUT2D eigenvalue weighted by Crippen LogP contribution is -2.41. The molecule has 8 aromatic carbocycles. The average molecular weight is 1980 g/mol. The molecule has 143 heavy (non-hydrogen) atoms. The van der Waals surface area contributed by atoms with Gasteiger partial charge in [0.1, 0.15) is 64.6 Å². The largest absolute Gasteiger partial charge is 0.490 e. The molecule has 37 heteroatoms. The Morgan fingerprint density at radius 3 is 0.979 bits per heavy atom. The van der Waals surface area contributed by atoms with E-state index in [9.17, 15) is 57.1 Å². The van der Waals surface area contributed by atoms with Crippen LogP contribution < -0.4 is 39.0 Å². The molecule has 2 saturated heterocycles. The van der Waals surface area contributed by atoms with Gasteiger partial charge in [-0.3, -0.25) is 9.59 Å². The topological polar surface area (TPSA) is 482 Å². The summed E-state index contributed by atoms with van der Waals surface area (Å²) in [4.78, 5) is 72.4. The highest BCUT2D eigenvalue weighted by molar-refractivity contribution is 7.90. The van der Waals surface area contributed by atoms with E-state index in [4.69, 9.17) is 37.0 Å². The first-order valence-electron chi connectivity index (χ1n) is 48.2. The summed E-state index contributed by atoms with van der Waals surface area (Å²) in [5.41, 5.74) is 15.5. The number of Topliss-reactive ketones (excluding diaryl/α,β-unsaturated/α-hetero) is 1. The lowest BCUT2D eigenvalue weighted by Gasteiger charge is -2.29. The zero-order chi connectivity index (χ0) is 102. The van der Waals surface area contributed by atoms with E-state index in [1.165, 1.54) is 25.9 Å². The first-order chi connectivity index (χ1) is 68.7. The van der Waals surface area contributed by atoms with Gasteiger partial charge in [-0.2, -0.15) is 41.0 Å². The Hall–Kier alpha value is -15.0. The first-order valence-corrected chi connectivity index (χ1v) is 51.5. The van der Waals surface area contributed by atoms with Gasteiger partial charge in [-0.25, -0.2) is 35.9 Å². The second-order valence-electron chi connectivity index (χ2n) is 37.6. The van der Waals surface area contributed by atoms with Crippen LogP contribution in [0.2, 0.25) is 0 Å². The number of rotatable bonds is 26. The normalized spacial score (nSPS) is 16.7. The van der Waals surface area contributed by atoms with Crippen LogP contribution in [0, 0.1) is 51.2 Å². The van der Waals surface area contributed by atoms with Crippen molar-refractivity contribution in [2.45, 2.75) is 214 Å². The number of sulfonamides is 2. The number of urea groups is 2. The van der Waals surface area contributed by atoms with Gasteiger partial charge in [-0.1, -0.05) is 100 Å². The van der Waals surface area contributed by atoms with Gasteiger partial charge in [-0.15, -0.1) is 0 Å². The molecule has 0 bridgehead atoms. The predicted molar refractivity (Wildman–Crippen MR) is 532 cm³/mol. The zero-order valence-corrected chi connectivity index (χ0v) is 83.6. The summed E-state index contributed by atoms with van der Waals surface area (Å²) < 4.78 is 100. The van der Waals surface area contributed by atoms with Crippen molar-refractivity contribution in [2.24, 2.45) is 5.92 Å². The number of carbonyl (C=O) groups is 4. The summed E-state index contributed by atoms with van der Waals surface area (Å²) >= 11 is 0. The average Bonchev–Trinajstić information content (AvgIpc) is 1.58. The minimum absolute atomic E-state index is 0.0163. The number of nitriles is 4. The molecule has 12 aromatic rings. The van der Waals surface area contributed by atoms with Gasteiger partial charge in [-0.05, 0) is 282 Å². The molecular weight excluding hydrogens is 1860 g/mol. The van der Waals surface area contributed by atoms with Crippen LogP contribution in [0.1, 0.15) is 231 Å². The third kappa shape index (κ3) is 25.1. The molecule has 0 saturated carbocycles. The predicted octanol–water partition coefficient (Wildman–Crippen LogP) is 18.1. The first kappa shape index (κ1) is 102. The fourth-order valence-corrected chi connectivity index (χ4v) is 21.2. The van der Waals surface area contributed by atoms with Crippen LogP contribution in [-0.4, -0.2) is 172 Å². The Bertz CT molecular complexity index is 7110. The Balaban J connectivity index is 0.000000144. The summed E-state index contributed by atoms with van der Waals surface area (Å²) in [7, 11) is -4.52. The van der Waals surface area contributed by atoms with E-state index in [1.54, 1.807) is 60.7 Å². The summed E-state index contributed by atoms with van der Waals surface area (Å²) in [6, 6.07) is 51.8. The maximum absolute atomic E-state index is 12.9. The number of ether oxygens (including phenoxy) is 4. The minimum atomic E-state index is -3.82. The molecule has 35 nitrogen and oxygen atoms in total. The number of hydrogen-bond acceptors (Lipinski definition) is 28. The van der Waals surface area contributed by atoms with Crippen molar-refractivity contribution in [1.82, 2.24) is 75.3 Å². The van der Waals surface area contributed by atoms with E-state index in [-0.39, 0.29) is 60.3 Å². The number of aromatic nitrogens is 8. The highest BCUT2D eigenvalue weighted by atomic mass is 32.2. The smallest absolute Gasteiger partial charge is 0.317 e. The summed E-state index contributed by atoms with van der Waals surface area (Å²) in [6.45, 7) is 22.0. The van der Waals surface area contributed by atoms with Crippen LogP contribution in [0.5, 0.6) is 23.0 Å². The second kappa shape index (κ2) is 45.7. The third-order valence-electron chi connectivity index (χ3n) is 25.1. The van der Waals surface area contributed by atoms with Gasteiger partial charge in [0.25, 0.3) is 23.6 Å². The molecule has 2 fully saturated rings. The number of benzene rings is 8. The SMILES string of the molecule is CC(=O)CS(=O)(=O)N[C@@H]1CCCc2c(-c3noc(-c4ccc(OC(C)C)c(C#N)c4)n3)cccc21.CC(C)Oc1ccc(-c2nc(-c3cccc4c3CCC[C@@H]4NC(=O)N3CCCC3)no2)cc1C#N.CC(C)Oc1ccc(-c2nc(-c3cccc4c3CCC[C@@H]4NS(=O)(=O)CC(=O)N(C)C)no2)cc1C#N.CC(C)Oc1ccc(-c2nc(-c3cccc4c3CCC[C@H]4NC(=O)N3CC[C@H](C)C3)no2)cc1C#N. The van der Waals surface area contributed by atoms with Crippen molar-refractivity contribution < 1.29 is 73.1 Å². The second-order valence-corrected chi connectivity index (χ2v) is 41.1. The third-order valence-corrected chi connectivity index (χ3v) is 27.8. The number of nitrogens with one attached hydrogen (secondary N) is 4. The number of fused-ring (bicyclic) bond motifs is 4. The Kier molecular flexibility index (Phi) is 32.7. The lowest BCUT2D eigenvalue weighted by atomic mass is 9.84. The standard InChI is InChI=1S/C28H31N5O3.C27H29N5O3.C26H29N5O5S.C25H26N4O5S/c1-17(2)35-25-11-10-19(14-20(25)15-29)27-31-26(32-36-27)23-8-4-7-22-21(23)6-5-9-24(22)30-28(34)33-13-12-18(3)16-33;1-17(2)34-24-12-11-18(15-19(24)16-28)26-30-25(31-35-26)22-9-5-8-21-20(22)7-6-10-23(21)29-27(33)32-13-3-4-14-32;1-16(2)35-23-12-11-17(13-18(23)14-27)26-28-25(29-36-26)21-9-5-8-20-19(21)7-6-10-22(20)30-37(33,34)15-24(32)31(3)4;1-15(2)33-23-11-10-17(12-18(23)13-26)25-27-24(28-34-25)21-8-4-7-20-19(21)6-5-9-22(20)29-35(31,32)14-16(3)30/h4,7-8,10-11,14,17-18,24H,5-6,9,12-13,16H2,1-3H3,(H,30,34);5,8-9,11-12,15,17,23H,3-4,6-7,10,13-14H2,1-2H3,(H,29,33);5,8-9,11-13,16,22,30H,6-7,10,15H2,1-4H3;4,7-8,10-12,15,22,29H,5-6,9,14H2,1-3H3/t18-,24+;23-;2*22-/m0001/s1. The molecule has 0 radical (unpaired) electrons. The molecule has 5 amide bonds. The van der Waals surface area contributed by atoms with Crippen molar-refractivity contribution in [1.29, 1.82) is 21.0 Å². The molecule has 742 valence electrons. The zero-order valence-electron chi connectivity index (χ0n) is 82.0. The summed E-state index contributed by atoms with van der Waals surface area (Å²) in [5, 5.41) is 61.5. The van der Waals surface area contributed by atoms with Crippen LogP contribution in [0.25, 0.3) is 91.4 Å². The van der Waals surface area contributed by atoms with Gasteiger partial charge in [0.15, 0.2) is 0 Å². The monoisotopic (exact) mass is 1970 g/mol. The van der Waals surface area contributed by atoms with E-state index in [2.05, 4.69) is 104 Å². The fourth-order valence-electron chi connectivity index (χ4n) is 18.6. The Morgan fingerprint density at radius 1 is 0.406 bits per heavy atom. The Labute approximate surface area is 831 Å². The van der Waals surface area contributed by atoms with Gasteiger partial charge < -0.3 is 62.4 Å². The van der Waals surface area contributed by atoms with E-state index in [0.717, 1.165) is 176 Å². The molecule has 6 aliphatic rings. The van der Waals surface area contributed by atoms with Crippen LogP contribution in [0.15, 0.2) is 164 Å². The molecule has 0 spiro atoms. The van der Waals surface area contributed by atoms with Gasteiger partial charge in [0, 0.05) is 96.9 Å². The van der Waals surface area contributed by atoms with Crippen LogP contribution in [-0.2, 0) is 55.3 Å². The number of amides is 5.